The molecule has 42 heavy (non-hydrogen) atoms. The molecular weight excluding hydrogens is 553 g/mol. The van der Waals surface area contributed by atoms with Crippen LogP contribution in [0.25, 0.3) is 0 Å². The lowest BCUT2D eigenvalue weighted by molar-refractivity contribution is -0.141. The molecule has 1 N–H and O–H groups in total. The van der Waals surface area contributed by atoms with Gasteiger partial charge in [-0.25, -0.2) is 12.8 Å². The molecule has 3 aromatic rings. The van der Waals surface area contributed by atoms with E-state index in [1.54, 1.807) is 23.1 Å². The van der Waals surface area contributed by atoms with E-state index in [0.717, 1.165) is 35.8 Å². The fourth-order valence-electron chi connectivity index (χ4n) is 4.83. The van der Waals surface area contributed by atoms with E-state index in [4.69, 9.17) is 0 Å². The van der Waals surface area contributed by atoms with Crippen molar-refractivity contribution in [3.05, 3.63) is 101 Å². The number of hydrogen-bond donors (Lipinski definition) is 1. The summed E-state index contributed by atoms with van der Waals surface area (Å²) < 4.78 is 40.5. The number of unbranched alkanes of at least 4 members (excludes halogenated alkanes) is 1. The molecule has 9 heteroatoms. The van der Waals surface area contributed by atoms with Crippen molar-refractivity contribution in [3.63, 3.8) is 0 Å². The van der Waals surface area contributed by atoms with E-state index < -0.39 is 16.1 Å². The molecule has 0 saturated carbocycles. The topological polar surface area (TPSA) is 86.8 Å². The highest BCUT2D eigenvalue weighted by atomic mass is 32.2. The molecule has 0 aromatic heterocycles. The van der Waals surface area contributed by atoms with Gasteiger partial charge in [0.2, 0.25) is 21.8 Å². The number of benzene rings is 3. The van der Waals surface area contributed by atoms with Crippen LogP contribution in [-0.2, 0) is 32.6 Å². The molecule has 3 aromatic carbocycles. The maximum Gasteiger partial charge on any atom is 0.243 e. The van der Waals surface area contributed by atoms with Crippen molar-refractivity contribution in [3.8, 4) is 0 Å². The van der Waals surface area contributed by atoms with Gasteiger partial charge in [-0.15, -0.1) is 0 Å². The van der Waals surface area contributed by atoms with Crippen LogP contribution in [0.5, 0.6) is 0 Å². The Kier molecular flexibility index (Phi) is 12.1. The highest BCUT2D eigenvalue weighted by Crippen LogP contribution is 2.26. The SMILES string of the molecule is CCCCNC(=O)[C@H](Cc1ccccc1)N(Cc1ccc(F)cc1)C(=O)CCCN(c1cccc(C)c1C)S(C)(=O)=O. The second kappa shape index (κ2) is 15.5. The molecule has 0 aliphatic heterocycles. The molecule has 0 saturated heterocycles. The van der Waals surface area contributed by atoms with Crippen molar-refractivity contribution in [1.29, 1.82) is 0 Å². The van der Waals surface area contributed by atoms with Crippen LogP contribution in [0.15, 0.2) is 72.8 Å². The summed E-state index contributed by atoms with van der Waals surface area (Å²) in [6, 6.07) is 20.1. The molecule has 0 fully saturated rings. The third kappa shape index (κ3) is 9.41. The number of amides is 2. The van der Waals surface area contributed by atoms with Gasteiger partial charge in [-0.2, -0.15) is 0 Å². The van der Waals surface area contributed by atoms with Crippen LogP contribution >= 0.6 is 0 Å². The smallest absolute Gasteiger partial charge is 0.243 e. The second-order valence-electron chi connectivity index (χ2n) is 10.7. The molecule has 0 radical (unpaired) electrons. The number of halogens is 1. The van der Waals surface area contributed by atoms with Crippen LogP contribution in [0.4, 0.5) is 10.1 Å². The molecule has 2 amide bonds. The van der Waals surface area contributed by atoms with E-state index in [1.807, 2.05) is 63.2 Å². The molecule has 7 nitrogen and oxygen atoms in total. The van der Waals surface area contributed by atoms with Crippen molar-refractivity contribution >= 4 is 27.5 Å². The molecule has 1 atom stereocenters. The van der Waals surface area contributed by atoms with Gasteiger partial charge in [0.25, 0.3) is 0 Å². The lowest BCUT2D eigenvalue weighted by Crippen LogP contribution is -2.50. The summed E-state index contributed by atoms with van der Waals surface area (Å²) in [6.45, 7) is 6.57. The lowest BCUT2D eigenvalue weighted by Gasteiger charge is -2.32. The minimum Gasteiger partial charge on any atom is -0.354 e. The number of anilines is 1. The molecule has 0 bridgehead atoms. The Labute approximate surface area is 249 Å². The Hall–Kier alpha value is -3.72. The molecule has 3 rings (SSSR count). The molecule has 226 valence electrons. The first-order valence-electron chi connectivity index (χ1n) is 14.4. The van der Waals surface area contributed by atoms with Crippen LogP contribution in [0.1, 0.15) is 54.9 Å². The van der Waals surface area contributed by atoms with Gasteiger partial charge >= 0.3 is 0 Å². The Morgan fingerprint density at radius 1 is 0.905 bits per heavy atom. The van der Waals surface area contributed by atoms with Gasteiger partial charge < -0.3 is 10.2 Å². The molecule has 0 aliphatic carbocycles. The Bertz CT molecular complexity index is 1430. The van der Waals surface area contributed by atoms with Crippen LogP contribution in [-0.4, -0.2) is 50.5 Å². The van der Waals surface area contributed by atoms with Crippen molar-refractivity contribution in [2.24, 2.45) is 0 Å². The van der Waals surface area contributed by atoms with E-state index in [1.165, 1.54) is 16.4 Å². The first-order chi connectivity index (χ1) is 20.0. The van der Waals surface area contributed by atoms with E-state index >= 15 is 0 Å². The average Bonchev–Trinajstić information content (AvgIpc) is 2.95. The fourth-order valence-corrected chi connectivity index (χ4v) is 5.85. The quantitative estimate of drug-likeness (QED) is 0.234. The van der Waals surface area contributed by atoms with E-state index in [2.05, 4.69) is 5.32 Å². The van der Waals surface area contributed by atoms with Crippen LogP contribution in [0.3, 0.4) is 0 Å². The van der Waals surface area contributed by atoms with Gasteiger partial charge in [0.1, 0.15) is 11.9 Å². The molecule has 0 unspecified atom stereocenters. The standard InChI is InChI=1S/C33H42FN3O4S/c1-5-6-21-35-33(39)31(23-27-13-8-7-9-14-27)36(24-28-17-19-29(34)20-18-28)32(38)16-11-22-37(42(4,40)41)30-15-10-12-25(2)26(30)3/h7-10,12-15,17-20,31H,5-6,11,16,21-24H2,1-4H3,(H,35,39)/t31-/m0/s1. The monoisotopic (exact) mass is 595 g/mol. The Balaban J connectivity index is 1.88. The predicted octanol–water partition coefficient (Wildman–Crippen LogP) is 5.55. The Morgan fingerprint density at radius 3 is 2.24 bits per heavy atom. The number of hydrogen-bond acceptors (Lipinski definition) is 4. The van der Waals surface area contributed by atoms with Crippen LogP contribution in [0, 0.1) is 19.7 Å². The van der Waals surface area contributed by atoms with Gasteiger partial charge in [-0.1, -0.05) is 67.9 Å². The summed E-state index contributed by atoms with van der Waals surface area (Å²) >= 11 is 0. The number of carbonyl (C=O) groups is 2. The van der Waals surface area contributed by atoms with Crippen molar-refractivity contribution in [1.82, 2.24) is 10.2 Å². The first-order valence-corrected chi connectivity index (χ1v) is 16.3. The maximum atomic E-state index is 13.9. The summed E-state index contributed by atoms with van der Waals surface area (Å²) in [4.78, 5) is 28.9. The minimum atomic E-state index is -3.60. The van der Waals surface area contributed by atoms with Crippen LogP contribution < -0.4 is 9.62 Å². The zero-order valence-corrected chi connectivity index (χ0v) is 25.8. The summed E-state index contributed by atoms with van der Waals surface area (Å²) in [5.41, 5.74) is 4.02. The van der Waals surface area contributed by atoms with E-state index in [9.17, 15) is 22.4 Å². The third-order valence-corrected chi connectivity index (χ3v) is 8.54. The number of carbonyl (C=O) groups excluding carboxylic acids is 2. The van der Waals surface area contributed by atoms with Gasteiger partial charge in [-0.3, -0.25) is 13.9 Å². The molecule has 0 spiro atoms. The largest absolute Gasteiger partial charge is 0.354 e. The third-order valence-electron chi connectivity index (χ3n) is 7.36. The number of nitrogens with one attached hydrogen (secondary N) is 1. The van der Waals surface area contributed by atoms with Crippen molar-refractivity contribution in [2.45, 2.75) is 65.5 Å². The molecule has 0 aliphatic rings. The van der Waals surface area contributed by atoms with Gasteiger partial charge in [0, 0.05) is 32.5 Å². The number of rotatable bonds is 15. The van der Waals surface area contributed by atoms with Gasteiger partial charge in [0.05, 0.1) is 11.9 Å². The predicted molar refractivity (Wildman–Crippen MR) is 166 cm³/mol. The lowest BCUT2D eigenvalue weighted by atomic mass is 10.0. The zero-order valence-electron chi connectivity index (χ0n) is 25.0. The number of sulfonamides is 1. The highest BCUT2D eigenvalue weighted by Gasteiger charge is 2.30. The molecule has 0 heterocycles. The summed E-state index contributed by atoms with van der Waals surface area (Å²) in [5, 5.41) is 2.98. The normalized spacial score (nSPS) is 12.0. The molecular formula is C33H42FN3O4S. The average molecular weight is 596 g/mol. The summed E-state index contributed by atoms with van der Waals surface area (Å²) in [7, 11) is -3.60. The number of aryl methyl sites for hydroxylation is 1. The summed E-state index contributed by atoms with van der Waals surface area (Å²) in [5.74, 6) is -0.918. The highest BCUT2D eigenvalue weighted by molar-refractivity contribution is 7.92. The van der Waals surface area contributed by atoms with Crippen molar-refractivity contribution in [2.75, 3.05) is 23.7 Å². The fraction of sp³-hybridized carbons (Fsp3) is 0.394. The van der Waals surface area contributed by atoms with Crippen LogP contribution in [0.2, 0.25) is 0 Å². The van der Waals surface area contributed by atoms with E-state index in [-0.39, 0.29) is 43.6 Å². The first kappa shape index (κ1) is 32.8. The zero-order chi connectivity index (χ0) is 30.7. The van der Waals surface area contributed by atoms with Gasteiger partial charge in [-0.05, 0) is 67.1 Å². The van der Waals surface area contributed by atoms with Gasteiger partial charge in [0.15, 0.2) is 0 Å². The van der Waals surface area contributed by atoms with Crippen molar-refractivity contribution < 1.29 is 22.4 Å². The second-order valence-corrected chi connectivity index (χ2v) is 12.6. The van der Waals surface area contributed by atoms with E-state index in [0.29, 0.717) is 24.2 Å². The Morgan fingerprint density at radius 2 is 1.60 bits per heavy atom. The number of nitrogens with zero attached hydrogens (tertiary/aromatic N) is 2. The summed E-state index contributed by atoms with van der Waals surface area (Å²) in [6.07, 6.45) is 3.49. The maximum absolute atomic E-state index is 13.9. The minimum absolute atomic E-state index is 0.0333.